The largest absolute Gasteiger partial charge is 0.472 e. The standard InChI is InChI=1S/C20H21F4N5O4/c21-14-2-5-16(6-3-14)29(19(32)28-7-9-33-10-8-28)12-15-4-1-13(11-25-15)17(30)26-27-18(31)20(22,23)24/h1-6,11,19,32H,7-10,12H2,(H,26,30)(H,27,31). The van der Waals surface area contributed by atoms with Crippen molar-refractivity contribution in [3.05, 3.63) is 59.7 Å². The third kappa shape index (κ3) is 6.60. The van der Waals surface area contributed by atoms with E-state index in [0.717, 1.165) is 6.20 Å². The van der Waals surface area contributed by atoms with Crippen LogP contribution in [0.3, 0.4) is 0 Å². The Hall–Kier alpha value is -3.29. The maximum absolute atomic E-state index is 13.4. The first kappa shape index (κ1) is 24.4. The molecule has 0 saturated carbocycles. The van der Waals surface area contributed by atoms with Crippen LogP contribution in [0.4, 0.5) is 23.2 Å². The number of carbonyl (C=O) groups is 2. The van der Waals surface area contributed by atoms with Gasteiger partial charge in [-0.2, -0.15) is 13.2 Å². The Morgan fingerprint density at radius 3 is 2.36 bits per heavy atom. The van der Waals surface area contributed by atoms with Crippen LogP contribution in [-0.4, -0.2) is 65.6 Å². The number of morpholine rings is 1. The van der Waals surface area contributed by atoms with Gasteiger partial charge in [0.05, 0.1) is 31.0 Å². The molecule has 0 spiro atoms. The van der Waals surface area contributed by atoms with E-state index < -0.39 is 30.2 Å². The van der Waals surface area contributed by atoms with Crippen molar-refractivity contribution in [2.45, 2.75) is 19.1 Å². The summed E-state index contributed by atoms with van der Waals surface area (Å²) < 4.78 is 55.3. The highest BCUT2D eigenvalue weighted by molar-refractivity contribution is 5.95. The molecule has 0 aliphatic carbocycles. The van der Waals surface area contributed by atoms with E-state index in [1.54, 1.807) is 15.2 Å². The first-order chi connectivity index (χ1) is 15.6. The zero-order valence-corrected chi connectivity index (χ0v) is 17.2. The number of nitrogens with zero attached hydrogens (tertiary/aromatic N) is 3. The van der Waals surface area contributed by atoms with Crippen LogP contribution < -0.4 is 15.8 Å². The van der Waals surface area contributed by atoms with E-state index in [4.69, 9.17) is 4.74 Å². The van der Waals surface area contributed by atoms with E-state index in [1.165, 1.54) is 41.8 Å². The summed E-state index contributed by atoms with van der Waals surface area (Å²) >= 11 is 0. The van der Waals surface area contributed by atoms with Crippen LogP contribution in [0.25, 0.3) is 0 Å². The van der Waals surface area contributed by atoms with Crippen molar-refractivity contribution in [2.24, 2.45) is 0 Å². The second kappa shape index (κ2) is 10.6. The summed E-state index contributed by atoms with van der Waals surface area (Å²) in [6.45, 7) is 1.93. The highest BCUT2D eigenvalue weighted by atomic mass is 19.4. The van der Waals surface area contributed by atoms with Crippen LogP contribution >= 0.6 is 0 Å². The second-order valence-electron chi connectivity index (χ2n) is 7.04. The van der Waals surface area contributed by atoms with Crippen LogP contribution in [0, 0.1) is 5.82 Å². The molecular weight excluding hydrogens is 450 g/mol. The number of aliphatic hydroxyl groups excluding tert-OH is 1. The van der Waals surface area contributed by atoms with Crippen LogP contribution in [-0.2, 0) is 16.1 Å². The van der Waals surface area contributed by atoms with Crippen molar-refractivity contribution >= 4 is 17.5 Å². The van der Waals surface area contributed by atoms with Gasteiger partial charge in [-0.15, -0.1) is 0 Å². The fourth-order valence-electron chi connectivity index (χ4n) is 3.03. The maximum atomic E-state index is 13.4. The summed E-state index contributed by atoms with van der Waals surface area (Å²) in [5.41, 5.74) is 3.77. The van der Waals surface area contributed by atoms with Crippen LogP contribution in [0.5, 0.6) is 0 Å². The number of nitrogens with one attached hydrogen (secondary N) is 2. The third-order valence-electron chi connectivity index (χ3n) is 4.78. The average molecular weight is 471 g/mol. The van der Waals surface area contributed by atoms with Crippen molar-refractivity contribution in [3.63, 3.8) is 0 Å². The minimum absolute atomic E-state index is 0.0802. The lowest BCUT2D eigenvalue weighted by Crippen LogP contribution is -2.52. The van der Waals surface area contributed by atoms with E-state index in [2.05, 4.69) is 4.98 Å². The molecule has 1 aliphatic rings. The first-order valence-corrected chi connectivity index (χ1v) is 9.79. The number of hydrogen-bond acceptors (Lipinski definition) is 7. The molecule has 33 heavy (non-hydrogen) atoms. The Morgan fingerprint density at radius 1 is 1.12 bits per heavy atom. The van der Waals surface area contributed by atoms with E-state index in [0.29, 0.717) is 37.7 Å². The molecule has 3 rings (SSSR count). The molecule has 2 amide bonds. The molecule has 9 nitrogen and oxygen atoms in total. The number of hydrogen-bond donors (Lipinski definition) is 3. The van der Waals surface area contributed by atoms with Gasteiger partial charge in [0.15, 0.2) is 6.35 Å². The van der Waals surface area contributed by atoms with Gasteiger partial charge in [0, 0.05) is 25.0 Å². The number of halogens is 4. The lowest BCUT2D eigenvalue weighted by atomic mass is 10.2. The zero-order chi connectivity index (χ0) is 24.0. The molecular formula is C20H21F4N5O4. The summed E-state index contributed by atoms with van der Waals surface area (Å²) in [6, 6.07) is 8.27. The van der Waals surface area contributed by atoms with Crippen LogP contribution in [0.1, 0.15) is 16.1 Å². The number of pyridine rings is 1. The van der Waals surface area contributed by atoms with E-state index in [1.807, 2.05) is 0 Å². The summed E-state index contributed by atoms with van der Waals surface area (Å²) in [5, 5.41) is 10.9. The fraction of sp³-hybridized carbons (Fsp3) is 0.350. The summed E-state index contributed by atoms with van der Waals surface area (Å²) in [5.74, 6) is -3.74. The van der Waals surface area contributed by atoms with Crippen molar-refractivity contribution in [3.8, 4) is 0 Å². The number of hydrazine groups is 1. The van der Waals surface area contributed by atoms with Crippen LogP contribution in [0.15, 0.2) is 42.6 Å². The van der Waals surface area contributed by atoms with Gasteiger partial charge in [-0.05, 0) is 36.4 Å². The third-order valence-corrected chi connectivity index (χ3v) is 4.78. The Balaban J connectivity index is 1.71. The SMILES string of the molecule is O=C(NNC(=O)C(F)(F)F)c1ccc(CN(c2ccc(F)cc2)C(O)N2CCOCC2)nc1. The van der Waals surface area contributed by atoms with Crippen molar-refractivity contribution in [1.29, 1.82) is 0 Å². The predicted octanol–water partition coefficient (Wildman–Crippen LogP) is 1.16. The highest BCUT2D eigenvalue weighted by Gasteiger charge is 2.39. The van der Waals surface area contributed by atoms with E-state index in [9.17, 15) is 32.3 Å². The van der Waals surface area contributed by atoms with Crippen molar-refractivity contribution in [1.82, 2.24) is 20.7 Å². The molecule has 0 bridgehead atoms. The molecule has 1 fully saturated rings. The average Bonchev–Trinajstić information content (AvgIpc) is 2.81. The summed E-state index contributed by atoms with van der Waals surface area (Å²) in [4.78, 5) is 30.2. The monoisotopic (exact) mass is 471 g/mol. The van der Waals surface area contributed by atoms with Gasteiger partial charge in [-0.3, -0.25) is 30.3 Å². The maximum Gasteiger partial charge on any atom is 0.472 e. The second-order valence-corrected chi connectivity index (χ2v) is 7.04. The zero-order valence-electron chi connectivity index (χ0n) is 17.2. The molecule has 13 heteroatoms. The Morgan fingerprint density at radius 2 is 1.79 bits per heavy atom. The van der Waals surface area contributed by atoms with Gasteiger partial charge in [0.1, 0.15) is 5.82 Å². The lowest BCUT2D eigenvalue weighted by molar-refractivity contribution is -0.174. The van der Waals surface area contributed by atoms with Crippen LogP contribution in [0.2, 0.25) is 0 Å². The minimum Gasteiger partial charge on any atom is -0.379 e. The molecule has 1 unspecified atom stereocenters. The summed E-state index contributed by atoms with van der Waals surface area (Å²) in [6.07, 6.45) is -5.09. The smallest absolute Gasteiger partial charge is 0.379 e. The molecule has 178 valence electrons. The quantitative estimate of drug-likeness (QED) is 0.330. The normalized spacial score (nSPS) is 15.5. The lowest BCUT2D eigenvalue weighted by Gasteiger charge is -2.39. The number of alkyl halides is 3. The number of amides is 2. The van der Waals surface area contributed by atoms with Gasteiger partial charge in [-0.1, -0.05) is 0 Å². The Kier molecular flexibility index (Phi) is 7.79. The van der Waals surface area contributed by atoms with Gasteiger partial charge >= 0.3 is 12.1 Å². The van der Waals surface area contributed by atoms with E-state index in [-0.39, 0.29) is 12.1 Å². The topological polar surface area (TPSA) is 107 Å². The number of ether oxygens (including phenoxy) is 1. The first-order valence-electron chi connectivity index (χ1n) is 9.79. The molecule has 1 atom stereocenters. The van der Waals surface area contributed by atoms with Crippen molar-refractivity contribution in [2.75, 3.05) is 31.2 Å². The molecule has 2 aromatic rings. The number of rotatable bonds is 6. The number of aromatic nitrogens is 1. The van der Waals surface area contributed by atoms with Gasteiger partial charge in [0.2, 0.25) is 0 Å². The Bertz CT molecular complexity index is 950. The number of benzene rings is 1. The van der Waals surface area contributed by atoms with E-state index >= 15 is 0 Å². The number of aliphatic hydroxyl groups is 1. The fourth-order valence-corrected chi connectivity index (χ4v) is 3.03. The minimum atomic E-state index is -5.14. The van der Waals surface area contributed by atoms with Gasteiger partial charge in [0.25, 0.3) is 5.91 Å². The predicted molar refractivity (Wildman–Crippen MR) is 107 cm³/mol. The van der Waals surface area contributed by atoms with Gasteiger partial charge < -0.3 is 14.7 Å². The molecule has 1 saturated heterocycles. The molecule has 1 aromatic heterocycles. The van der Waals surface area contributed by atoms with Gasteiger partial charge in [-0.25, -0.2) is 4.39 Å². The Labute approximate surface area is 185 Å². The summed E-state index contributed by atoms with van der Waals surface area (Å²) in [7, 11) is 0. The van der Waals surface area contributed by atoms with Crippen molar-refractivity contribution < 1.29 is 37.0 Å². The molecule has 1 aliphatic heterocycles. The molecule has 3 N–H and O–H groups in total. The molecule has 1 aromatic carbocycles. The molecule has 2 heterocycles. The number of carbonyl (C=O) groups excluding carboxylic acids is 2. The number of anilines is 1. The highest BCUT2D eigenvalue weighted by Crippen LogP contribution is 2.22. The molecule has 0 radical (unpaired) electrons.